The second-order valence-electron chi connectivity index (χ2n) is 7.42. The number of para-hydroxylation sites is 3. The molecule has 0 unspecified atom stereocenters. The SMILES string of the molecule is CCOC(=O)N1CCN(C(=O)c2c(C#N)ccn2-c2ccccc2Oc2ccccc2)CC1. The third-order valence-corrected chi connectivity index (χ3v) is 5.40. The quantitative estimate of drug-likeness (QED) is 0.592. The second kappa shape index (κ2) is 9.92. The van der Waals surface area contributed by atoms with Crippen molar-refractivity contribution in [3.63, 3.8) is 0 Å². The summed E-state index contributed by atoms with van der Waals surface area (Å²) in [4.78, 5) is 28.7. The highest BCUT2D eigenvalue weighted by Gasteiger charge is 2.29. The summed E-state index contributed by atoms with van der Waals surface area (Å²) in [5.74, 6) is 0.958. The first-order chi connectivity index (χ1) is 16.1. The number of nitriles is 1. The Balaban J connectivity index is 1.61. The summed E-state index contributed by atoms with van der Waals surface area (Å²) in [6, 6.07) is 20.5. The van der Waals surface area contributed by atoms with E-state index in [1.54, 1.807) is 33.6 Å². The number of aromatic nitrogens is 1. The monoisotopic (exact) mass is 444 g/mol. The normalized spacial score (nSPS) is 13.3. The Labute approximate surface area is 192 Å². The highest BCUT2D eigenvalue weighted by molar-refractivity contribution is 5.96. The van der Waals surface area contributed by atoms with E-state index in [-0.39, 0.29) is 23.3 Å². The summed E-state index contributed by atoms with van der Waals surface area (Å²) < 4.78 is 12.8. The molecule has 1 aliphatic heterocycles. The van der Waals surface area contributed by atoms with Gasteiger partial charge in [0.05, 0.1) is 17.9 Å². The lowest BCUT2D eigenvalue weighted by Crippen LogP contribution is -2.51. The molecule has 0 spiro atoms. The molecule has 0 bridgehead atoms. The Morgan fingerprint density at radius 3 is 2.30 bits per heavy atom. The van der Waals surface area contributed by atoms with E-state index in [0.29, 0.717) is 50.0 Å². The van der Waals surface area contributed by atoms with Crippen molar-refractivity contribution >= 4 is 12.0 Å². The lowest BCUT2D eigenvalue weighted by molar-refractivity contribution is 0.0564. The molecule has 8 heteroatoms. The van der Waals surface area contributed by atoms with Crippen molar-refractivity contribution in [2.24, 2.45) is 0 Å². The summed E-state index contributed by atoms with van der Waals surface area (Å²) >= 11 is 0. The Morgan fingerprint density at radius 2 is 1.61 bits per heavy atom. The van der Waals surface area contributed by atoms with Gasteiger partial charge in [-0.3, -0.25) is 4.79 Å². The maximum absolute atomic E-state index is 13.5. The van der Waals surface area contributed by atoms with Gasteiger partial charge in [0, 0.05) is 32.4 Å². The molecule has 1 fully saturated rings. The summed E-state index contributed by atoms with van der Waals surface area (Å²) in [5.41, 5.74) is 1.20. The Kier molecular flexibility index (Phi) is 6.60. The molecule has 0 aliphatic carbocycles. The van der Waals surface area contributed by atoms with Gasteiger partial charge >= 0.3 is 6.09 Å². The molecule has 0 atom stereocenters. The fourth-order valence-electron chi connectivity index (χ4n) is 3.76. The van der Waals surface area contributed by atoms with Crippen molar-refractivity contribution in [1.82, 2.24) is 14.4 Å². The number of hydrogen-bond donors (Lipinski definition) is 0. The molecule has 2 aromatic carbocycles. The van der Waals surface area contributed by atoms with E-state index >= 15 is 0 Å². The highest BCUT2D eigenvalue weighted by Crippen LogP contribution is 2.30. The summed E-state index contributed by atoms with van der Waals surface area (Å²) in [7, 11) is 0. The predicted octanol–water partition coefficient (Wildman–Crippen LogP) is 4.06. The van der Waals surface area contributed by atoms with Gasteiger partial charge in [0.1, 0.15) is 17.5 Å². The third kappa shape index (κ3) is 4.67. The van der Waals surface area contributed by atoms with E-state index in [0.717, 1.165) is 0 Å². The molecule has 0 saturated carbocycles. The fourth-order valence-corrected chi connectivity index (χ4v) is 3.76. The van der Waals surface area contributed by atoms with Crippen molar-refractivity contribution in [2.75, 3.05) is 32.8 Å². The zero-order valence-electron chi connectivity index (χ0n) is 18.3. The fraction of sp³-hybridized carbons (Fsp3) is 0.240. The number of piperazine rings is 1. The first-order valence-electron chi connectivity index (χ1n) is 10.8. The molecule has 1 aliphatic rings. The van der Waals surface area contributed by atoms with Crippen LogP contribution in [-0.4, -0.2) is 59.2 Å². The van der Waals surface area contributed by atoms with Crippen LogP contribution in [-0.2, 0) is 4.74 Å². The van der Waals surface area contributed by atoms with E-state index in [1.165, 1.54) is 0 Å². The smallest absolute Gasteiger partial charge is 0.409 e. The topological polar surface area (TPSA) is 87.8 Å². The molecule has 2 amide bonds. The molecular weight excluding hydrogens is 420 g/mol. The predicted molar refractivity (Wildman–Crippen MR) is 121 cm³/mol. The lowest BCUT2D eigenvalue weighted by Gasteiger charge is -2.34. The minimum atomic E-state index is -0.377. The molecule has 8 nitrogen and oxygen atoms in total. The van der Waals surface area contributed by atoms with Crippen LogP contribution in [0.1, 0.15) is 23.0 Å². The van der Waals surface area contributed by atoms with Gasteiger partial charge in [-0.2, -0.15) is 5.26 Å². The van der Waals surface area contributed by atoms with Crippen molar-refractivity contribution in [3.8, 4) is 23.3 Å². The van der Waals surface area contributed by atoms with Gasteiger partial charge in [-0.25, -0.2) is 4.79 Å². The number of carbonyl (C=O) groups is 2. The van der Waals surface area contributed by atoms with Crippen molar-refractivity contribution in [2.45, 2.75) is 6.92 Å². The largest absolute Gasteiger partial charge is 0.455 e. The number of benzene rings is 2. The van der Waals surface area contributed by atoms with Gasteiger partial charge < -0.3 is 23.8 Å². The number of nitrogens with zero attached hydrogens (tertiary/aromatic N) is 4. The van der Waals surface area contributed by atoms with Gasteiger partial charge in [0.25, 0.3) is 5.91 Å². The number of rotatable bonds is 5. The molecule has 1 saturated heterocycles. The van der Waals surface area contributed by atoms with Gasteiger partial charge in [-0.05, 0) is 37.3 Å². The molecular formula is C25H24N4O4. The molecule has 0 N–H and O–H groups in total. The number of hydrogen-bond acceptors (Lipinski definition) is 5. The molecule has 3 aromatic rings. The molecule has 1 aromatic heterocycles. The second-order valence-corrected chi connectivity index (χ2v) is 7.42. The van der Waals surface area contributed by atoms with E-state index in [1.807, 2.05) is 54.6 Å². The first kappa shape index (κ1) is 22.0. The van der Waals surface area contributed by atoms with E-state index in [4.69, 9.17) is 9.47 Å². The van der Waals surface area contributed by atoms with Gasteiger partial charge in [0.2, 0.25) is 0 Å². The maximum atomic E-state index is 13.5. The van der Waals surface area contributed by atoms with Crippen LogP contribution >= 0.6 is 0 Å². The zero-order chi connectivity index (χ0) is 23.2. The summed E-state index contributed by atoms with van der Waals surface area (Å²) in [6.45, 7) is 3.53. The lowest BCUT2D eigenvalue weighted by atomic mass is 10.2. The van der Waals surface area contributed by atoms with Crippen LogP contribution in [0.5, 0.6) is 11.5 Å². The van der Waals surface area contributed by atoms with E-state index in [9.17, 15) is 14.9 Å². The highest BCUT2D eigenvalue weighted by atomic mass is 16.6. The van der Waals surface area contributed by atoms with Gasteiger partial charge in [-0.1, -0.05) is 30.3 Å². The molecule has 0 radical (unpaired) electrons. The van der Waals surface area contributed by atoms with Gasteiger partial charge in [-0.15, -0.1) is 0 Å². The number of carbonyl (C=O) groups excluding carboxylic acids is 2. The van der Waals surface area contributed by atoms with Crippen LogP contribution in [0.2, 0.25) is 0 Å². The molecule has 33 heavy (non-hydrogen) atoms. The molecule has 2 heterocycles. The van der Waals surface area contributed by atoms with E-state index < -0.39 is 0 Å². The van der Waals surface area contributed by atoms with Crippen molar-refractivity contribution < 1.29 is 19.1 Å². The minimum absolute atomic E-state index is 0.269. The van der Waals surface area contributed by atoms with Crippen LogP contribution in [0.4, 0.5) is 4.79 Å². The standard InChI is InChI=1S/C25H24N4O4/c1-2-32-25(31)28-16-14-27(15-17-28)24(30)23-19(18-26)12-13-29(23)21-10-6-7-11-22(21)33-20-8-4-3-5-9-20/h3-13H,2,14-17H2,1H3. The maximum Gasteiger partial charge on any atom is 0.409 e. The third-order valence-electron chi connectivity index (χ3n) is 5.40. The van der Waals surface area contributed by atoms with Crippen LogP contribution in [0.3, 0.4) is 0 Å². The van der Waals surface area contributed by atoms with Crippen LogP contribution in [0, 0.1) is 11.3 Å². The van der Waals surface area contributed by atoms with Crippen LogP contribution < -0.4 is 4.74 Å². The Morgan fingerprint density at radius 1 is 0.939 bits per heavy atom. The molecule has 168 valence electrons. The van der Waals surface area contributed by atoms with Crippen LogP contribution in [0.15, 0.2) is 66.9 Å². The summed E-state index contributed by atoms with van der Waals surface area (Å²) in [5, 5.41) is 9.67. The Hall–Kier alpha value is -4.25. The number of amides is 2. The van der Waals surface area contributed by atoms with Gasteiger partial charge in [0.15, 0.2) is 5.75 Å². The molecule has 4 rings (SSSR count). The first-order valence-corrected chi connectivity index (χ1v) is 10.8. The van der Waals surface area contributed by atoms with E-state index in [2.05, 4.69) is 6.07 Å². The average Bonchev–Trinajstić information content (AvgIpc) is 3.29. The van der Waals surface area contributed by atoms with Crippen LogP contribution in [0.25, 0.3) is 5.69 Å². The average molecular weight is 444 g/mol. The van der Waals surface area contributed by atoms with Crippen molar-refractivity contribution in [3.05, 3.63) is 78.1 Å². The summed E-state index contributed by atoms with van der Waals surface area (Å²) in [6.07, 6.45) is 1.33. The Bertz CT molecular complexity index is 1170. The zero-order valence-corrected chi connectivity index (χ0v) is 18.3. The number of ether oxygens (including phenoxy) is 2. The minimum Gasteiger partial charge on any atom is -0.455 e. The van der Waals surface area contributed by atoms with Crippen molar-refractivity contribution in [1.29, 1.82) is 5.26 Å².